The molecule has 14 heavy (non-hydrogen) atoms. The summed E-state index contributed by atoms with van der Waals surface area (Å²) in [5.41, 5.74) is 1.25. The lowest BCUT2D eigenvalue weighted by Gasteiger charge is -2.05. The van der Waals surface area contributed by atoms with Gasteiger partial charge in [-0.1, -0.05) is 13.8 Å². The highest BCUT2D eigenvalue weighted by molar-refractivity contribution is 7.09. The summed E-state index contributed by atoms with van der Waals surface area (Å²) in [5, 5.41) is 6.78. The van der Waals surface area contributed by atoms with E-state index in [0.717, 1.165) is 25.4 Å². The number of aryl methyl sites for hydroxylation is 2. The van der Waals surface area contributed by atoms with Gasteiger partial charge in [0.05, 0.1) is 10.7 Å². The lowest BCUT2D eigenvalue weighted by atomic mass is 10.2. The molecule has 0 fully saturated rings. The first-order chi connectivity index (χ1) is 6.68. The number of thiazole rings is 1. The topological polar surface area (TPSA) is 24.9 Å². The van der Waals surface area contributed by atoms with Crippen molar-refractivity contribution in [3.05, 3.63) is 16.1 Å². The van der Waals surface area contributed by atoms with Gasteiger partial charge >= 0.3 is 0 Å². The Morgan fingerprint density at radius 2 is 2.29 bits per heavy atom. The van der Waals surface area contributed by atoms with Crippen molar-refractivity contribution in [2.75, 3.05) is 13.1 Å². The summed E-state index contributed by atoms with van der Waals surface area (Å²) in [6.45, 7) is 8.75. The van der Waals surface area contributed by atoms with Gasteiger partial charge in [-0.05, 0) is 38.8 Å². The summed E-state index contributed by atoms with van der Waals surface area (Å²) in [6.07, 6.45) is 2.30. The summed E-state index contributed by atoms with van der Waals surface area (Å²) < 4.78 is 0. The van der Waals surface area contributed by atoms with Crippen LogP contribution in [0.4, 0.5) is 0 Å². The SMILES string of the molecule is Cc1nc(CCCNCC(C)C)cs1. The van der Waals surface area contributed by atoms with Gasteiger partial charge in [0.25, 0.3) is 0 Å². The van der Waals surface area contributed by atoms with E-state index in [1.807, 2.05) is 0 Å². The Balaban J connectivity index is 2.04. The molecule has 0 saturated heterocycles. The monoisotopic (exact) mass is 212 g/mol. The van der Waals surface area contributed by atoms with Crippen molar-refractivity contribution < 1.29 is 0 Å². The normalized spacial score (nSPS) is 11.1. The Bertz CT molecular complexity index is 256. The Morgan fingerprint density at radius 3 is 2.86 bits per heavy atom. The van der Waals surface area contributed by atoms with Crippen LogP contribution in [0.15, 0.2) is 5.38 Å². The number of hydrogen-bond acceptors (Lipinski definition) is 3. The first-order valence-electron chi connectivity index (χ1n) is 5.30. The molecule has 0 spiro atoms. The maximum absolute atomic E-state index is 4.43. The molecule has 0 bridgehead atoms. The van der Waals surface area contributed by atoms with Crippen molar-refractivity contribution >= 4 is 11.3 Å². The molecule has 0 aliphatic heterocycles. The molecule has 80 valence electrons. The molecule has 0 amide bonds. The van der Waals surface area contributed by atoms with Crippen molar-refractivity contribution in [2.24, 2.45) is 5.92 Å². The lowest BCUT2D eigenvalue weighted by molar-refractivity contribution is 0.542. The van der Waals surface area contributed by atoms with Gasteiger partial charge in [0.1, 0.15) is 0 Å². The van der Waals surface area contributed by atoms with E-state index in [2.05, 4.69) is 36.5 Å². The third kappa shape index (κ3) is 4.72. The predicted octanol–water partition coefficient (Wildman–Crippen LogP) is 2.63. The van der Waals surface area contributed by atoms with Gasteiger partial charge < -0.3 is 5.32 Å². The van der Waals surface area contributed by atoms with E-state index in [-0.39, 0.29) is 0 Å². The first-order valence-corrected chi connectivity index (χ1v) is 6.18. The maximum Gasteiger partial charge on any atom is 0.0897 e. The molecule has 0 radical (unpaired) electrons. The maximum atomic E-state index is 4.43. The Labute approximate surface area is 90.8 Å². The molecular formula is C11H20N2S. The van der Waals surface area contributed by atoms with Crippen LogP contribution in [0.2, 0.25) is 0 Å². The highest BCUT2D eigenvalue weighted by atomic mass is 32.1. The first kappa shape index (κ1) is 11.7. The third-order valence-corrected chi connectivity index (χ3v) is 2.83. The van der Waals surface area contributed by atoms with Crippen LogP contribution in [-0.4, -0.2) is 18.1 Å². The summed E-state index contributed by atoms with van der Waals surface area (Å²) >= 11 is 1.74. The zero-order valence-corrected chi connectivity index (χ0v) is 10.2. The van der Waals surface area contributed by atoms with Crippen molar-refractivity contribution in [2.45, 2.75) is 33.6 Å². The van der Waals surface area contributed by atoms with Crippen LogP contribution in [0.5, 0.6) is 0 Å². The van der Waals surface area contributed by atoms with Crippen LogP contribution in [0.1, 0.15) is 31.0 Å². The van der Waals surface area contributed by atoms with Crippen molar-refractivity contribution in [1.29, 1.82) is 0 Å². The number of rotatable bonds is 6. The van der Waals surface area contributed by atoms with Crippen LogP contribution >= 0.6 is 11.3 Å². The van der Waals surface area contributed by atoms with Gasteiger partial charge in [-0.15, -0.1) is 11.3 Å². The van der Waals surface area contributed by atoms with Crippen LogP contribution in [0.25, 0.3) is 0 Å². The number of nitrogens with one attached hydrogen (secondary N) is 1. The zero-order chi connectivity index (χ0) is 10.4. The van der Waals surface area contributed by atoms with Gasteiger partial charge in [-0.2, -0.15) is 0 Å². The van der Waals surface area contributed by atoms with Gasteiger partial charge in [0.2, 0.25) is 0 Å². The van der Waals surface area contributed by atoms with E-state index >= 15 is 0 Å². The summed E-state index contributed by atoms with van der Waals surface area (Å²) in [4.78, 5) is 4.43. The van der Waals surface area contributed by atoms with Crippen molar-refractivity contribution in [3.8, 4) is 0 Å². The molecule has 0 atom stereocenters. The molecule has 1 N–H and O–H groups in total. The molecule has 0 aliphatic carbocycles. The molecule has 0 saturated carbocycles. The molecule has 1 heterocycles. The van der Waals surface area contributed by atoms with E-state index in [1.54, 1.807) is 11.3 Å². The fourth-order valence-electron chi connectivity index (χ4n) is 1.31. The summed E-state index contributed by atoms with van der Waals surface area (Å²) in [7, 11) is 0. The number of nitrogens with zero attached hydrogens (tertiary/aromatic N) is 1. The van der Waals surface area contributed by atoms with Crippen LogP contribution in [0.3, 0.4) is 0 Å². The largest absolute Gasteiger partial charge is 0.316 e. The fraction of sp³-hybridized carbons (Fsp3) is 0.727. The molecule has 3 heteroatoms. The average Bonchev–Trinajstić information content (AvgIpc) is 2.50. The van der Waals surface area contributed by atoms with Crippen molar-refractivity contribution in [1.82, 2.24) is 10.3 Å². The fourth-order valence-corrected chi connectivity index (χ4v) is 1.96. The second-order valence-electron chi connectivity index (χ2n) is 4.06. The Hall–Kier alpha value is -0.410. The van der Waals surface area contributed by atoms with E-state index in [4.69, 9.17) is 0 Å². The molecule has 0 aliphatic rings. The van der Waals surface area contributed by atoms with Gasteiger partial charge in [-0.3, -0.25) is 0 Å². The van der Waals surface area contributed by atoms with E-state index in [1.165, 1.54) is 17.1 Å². The summed E-state index contributed by atoms with van der Waals surface area (Å²) in [6, 6.07) is 0. The average molecular weight is 212 g/mol. The van der Waals surface area contributed by atoms with Crippen LogP contribution in [0, 0.1) is 12.8 Å². The minimum atomic E-state index is 0.747. The second-order valence-corrected chi connectivity index (χ2v) is 5.12. The Morgan fingerprint density at radius 1 is 1.50 bits per heavy atom. The van der Waals surface area contributed by atoms with Gasteiger partial charge in [0, 0.05) is 5.38 Å². The molecule has 2 nitrogen and oxygen atoms in total. The highest BCUT2D eigenvalue weighted by Crippen LogP contribution is 2.09. The molecule has 1 rings (SSSR count). The quantitative estimate of drug-likeness (QED) is 0.733. The molecule has 0 unspecified atom stereocenters. The standard InChI is InChI=1S/C11H20N2S/c1-9(2)7-12-6-4-5-11-8-14-10(3)13-11/h8-9,12H,4-7H2,1-3H3. The van der Waals surface area contributed by atoms with E-state index < -0.39 is 0 Å². The third-order valence-electron chi connectivity index (χ3n) is 2.01. The molecule has 1 aromatic heterocycles. The van der Waals surface area contributed by atoms with Gasteiger partial charge in [-0.25, -0.2) is 4.98 Å². The number of aromatic nitrogens is 1. The highest BCUT2D eigenvalue weighted by Gasteiger charge is 1.98. The minimum Gasteiger partial charge on any atom is -0.316 e. The van der Waals surface area contributed by atoms with Crippen LogP contribution < -0.4 is 5.32 Å². The Kier molecular flexibility index (Phi) is 5.12. The predicted molar refractivity (Wildman–Crippen MR) is 62.9 cm³/mol. The molecule has 1 aromatic rings. The minimum absolute atomic E-state index is 0.747. The zero-order valence-electron chi connectivity index (χ0n) is 9.34. The molecule has 0 aromatic carbocycles. The number of hydrogen-bond donors (Lipinski definition) is 1. The second kappa shape index (κ2) is 6.14. The lowest BCUT2D eigenvalue weighted by Crippen LogP contribution is -2.21. The van der Waals surface area contributed by atoms with E-state index in [9.17, 15) is 0 Å². The summed E-state index contributed by atoms with van der Waals surface area (Å²) in [5.74, 6) is 0.747. The van der Waals surface area contributed by atoms with Gasteiger partial charge in [0.15, 0.2) is 0 Å². The molecular weight excluding hydrogens is 192 g/mol. The van der Waals surface area contributed by atoms with Crippen LogP contribution in [-0.2, 0) is 6.42 Å². The van der Waals surface area contributed by atoms with Crippen molar-refractivity contribution in [3.63, 3.8) is 0 Å². The van der Waals surface area contributed by atoms with E-state index in [0.29, 0.717) is 0 Å². The smallest absolute Gasteiger partial charge is 0.0897 e.